The second-order valence-electron chi connectivity index (χ2n) is 7.67. The lowest BCUT2D eigenvalue weighted by Gasteiger charge is -2.23. The Morgan fingerprint density at radius 3 is 2.07 bits per heavy atom. The molecule has 0 aliphatic heterocycles. The molecule has 156 valence electrons. The van der Waals surface area contributed by atoms with Crippen LogP contribution < -0.4 is 20.1 Å². The second-order valence-corrected chi connectivity index (χ2v) is 7.67. The molecule has 0 bridgehead atoms. The number of para-hydroxylation sites is 2. The summed E-state index contributed by atoms with van der Waals surface area (Å²) >= 11 is 0. The number of benzene rings is 3. The fourth-order valence-corrected chi connectivity index (χ4v) is 2.95. The lowest BCUT2D eigenvalue weighted by molar-refractivity contribution is 0.262. The van der Waals surface area contributed by atoms with Gasteiger partial charge in [0.2, 0.25) is 0 Å². The van der Waals surface area contributed by atoms with Crippen molar-refractivity contribution in [2.45, 2.75) is 32.6 Å². The first-order valence-electron chi connectivity index (χ1n) is 10.0. The molecule has 3 aromatic rings. The number of ether oxygens (including phenoxy) is 2. The molecular weight excluding hydrogens is 376 g/mol. The van der Waals surface area contributed by atoms with Crippen LogP contribution in [0.15, 0.2) is 72.8 Å². The molecule has 0 aliphatic carbocycles. The van der Waals surface area contributed by atoms with Crippen molar-refractivity contribution >= 4 is 17.4 Å². The maximum Gasteiger partial charge on any atom is 0.323 e. The van der Waals surface area contributed by atoms with Crippen LogP contribution >= 0.6 is 0 Å². The monoisotopic (exact) mass is 404 g/mol. The molecule has 0 radical (unpaired) electrons. The van der Waals surface area contributed by atoms with E-state index in [1.165, 1.54) is 5.56 Å². The highest BCUT2D eigenvalue weighted by atomic mass is 16.5. The van der Waals surface area contributed by atoms with Crippen molar-refractivity contribution in [1.29, 1.82) is 0 Å². The van der Waals surface area contributed by atoms with E-state index in [0.29, 0.717) is 22.9 Å². The minimum atomic E-state index is -0.345. The summed E-state index contributed by atoms with van der Waals surface area (Å²) in [5.74, 6) is 2.08. The van der Waals surface area contributed by atoms with Crippen molar-refractivity contribution in [3.63, 3.8) is 0 Å². The van der Waals surface area contributed by atoms with E-state index in [1.54, 1.807) is 31.4 Å². The van der Waals surface area contributed by atoms with Gasteiger partial charge in [0.15, 0.2) is 0 Å². The Bertz CT molecular complexity index is 980. The molecule has 3 rings (SSSR count). The van der Waals surface area contributed by atoms with E-state index < -0.39 is 0 Å². The zero-order chi connectivity index (χ0) is 21.6. The Morgan fingerprint density at radius 1 is 0.867 bits per heavy atom. The highest BCUT2D eigenvalue weighted by Crippen LogP contribution is 2.30. The summed E-state index contributed by atoms with van der Waals surface area (Å²) in [6.45, 7) is 6.66. The molecule has 0 aromatic heterocycles. The van der Waals surface area contributed by atoms with Crippen molar-refractivity contribution in [2.24, 2.45) is 0 Å². The molecule has 0 saturated carbocycles. The zero-order valence-corrected chi connectivity index (χ0v) is 17.9. The molecule has 0 atom stereocenters. The first-order valence-corrected chi connectivity index (χ1v) is 10.0. The third-order valence-corrected chi connectivity index (χ3v) is 5.22. The van der Waals surface area contributed by atoms with Gasteiger partial charge in [0, 0.05) is 5.69 Å². The van der Waals surface area contributed by atoms with Crippen molar-refractivity contribution in [3.05, 3.63) is 78.4 Å². The van der Waals surface area contributed by atoms with Gasteiger partial charge < -0.3 is 20.1 Å². The van der Waals surface area contributed by atoms with Gasteiger partial charge in [-0.1, -0.05) is 45.0 Å². The van der Waals surface area contributed by atoms with E-state index in [1.807, 2.05) is 36.4 Å². The van der Waals surface area contributed by atoms with E-state index in [0.717, 1.165) is 12.2 Å². The lowest BCUT2D eigenvalue weighted by atomic mass is 9.82. The molecule has 0 spiro atoms. The predicted octanol–water partition coefficient (Wildman–Crippen LogP) is 6.82. The molecule has 0 heterocycles. The van der Waals surface area contributed by atoms with Gasteiger partial charge in [-0.3, -0.25) is 0 Å². The van der Waals surface area contributed by atoms with E-state index in [2.05, 4.69) is 43.5 Å². The topological polar surface area (TPSA) is 59.6 Å². The number of carbonyl (C=O) groups is 1. The fourth-order valence-electron chi connectivity index (χ4n) is 2.95. The highest BCUT2D eigenvalue weighted by Gasteiger charge is 2.17. The van der Waals surface area contributed by atoms with Gasteiger partial charge in [-0.2, -0.15) is 0 Å². The van der Waals surface area contributed by atoms with E-state index in [9.17, 15) is 4.79 Å². The summed E-state index contributed by atoms with van der Waals surface area (Å²) < 4.78 is 11.2. The number of hydrogen-bond acceptors (Lipinski definition) is 3. The highest BCUT2D eigenvalue weighted by molar-refractivity contribution is 6.00. The van der Waals surface area contributed by atoms with Crippen LogP contribution in [-0.4, -0.2) is 13.1 Å². The first-order chi connectivity index (χ1) is 14.4. The van der Waals surface area contributed by atoms with Crippen molar-refractivity contribution in [3.8, 4) is 17.2 Å². The quantitative estimate of drug-likeness (QED) is 0.454. The Labute approximate surface area is 178 Å². The number of nitrogens with one attached hydrogen (secondary N) is 2. The van der Waals surface area contributed by atoms with Gasteiger partial charge in [0.1, 0.15) is 17.2 Å². The maximum atomic E-state index is 12.3. The van der Waals surface area contributed by atoms with Crippen LogP contribution in [0.1, 0.15) is 32.8 Å². The SMILES string of the molecule is CCC(C)(C)c1ccc(Oc2ccc(NC(=O)Nc3ccccc3OC)cc2)cc1. The fraction of sp³-hybridized carbons (Fsp3) is 0.240. The Balaban J connectivity index is 1.59. The number of urea groups is 1. The summed E-state index contributed by atoms with van der Waals surface area (Å²) in [6, 6.07) is 22.3. The van der Waals surface area contributed by atoms with Crippen LogP contribution in [0, 0.1) is 0 Å². The first kappa shape index (κ1) is 21.2. The smallest absolute Gasteiger partial charge is 0.323 e. The standard InChI is InChI=1S/C25H28N2O3/c1-5-25(2,3)18-10-14-20(15-11-18)30-21-16-12-19(13-17-21)26-24(28)27-22-8-6-7-9-23(22)29-4/h6-17H,5H2,1-4H3,(H2,26,27,28). The molecule has 30 heavy (non-hydrogen) atoms. The molecule has 2 N–H and O–H groups in total. The van der Waals surface area contributed by atoms with Crippen LogP contribution in [0.25, 0.3) is 0 Å². The molecule has 0 aliphatic rings. The summed E-state index contributed by atoms with van der Waals surface area (Å²) in [6.07, 6.45) is 1.08. The third-order valence-electron chi connectivity index (χ3n) is 5.22. The maximum absolute atomic E-state index is 12.3. The Kier molecular flexibility index (Phi) is 6.62. The minimum absolute atomic E-state index is 0.149. The molecule has 0 unspecified atom stereocenters. The summed E-state index contributed by atoms with van der Waals surface area (Å²) in [5.41, 5.74) is 2.70. The summed E-state index contributed by atoms with van der Waals surface area (Å²) in [5, 5.41) is 5.58. The molecule has 0 saturated heterocycles. The molecule has 0 fully saturated rings. The molecular formula is C25H28N2O3. The average molecular weight is 405 g/mol. The molecule has 5 nitrogen and oxygen atoms in total. The van der Waals surface area contributed by atoms with Crippen LogP contribution in [0.2, 0.25) is 0 Å². The van der Waals surface area contributed by atoms with Crippen molar-refractivity contribution in [2.75, 3.05) is 17.7 Å². The number of rotatable bonds is 7. The van der Waals surface area contributed by atoms with Crippen LogP contribution in [-0.2, 0) is 5.41 Å². The van der Waals surface area contributed by atoms with Crippen LogP contribution in [0.5, 0.6) is 17.2 Å². The Morgan fingerprint density at radius 2 is 1.47 bits per heavy atom. The van der Waals surface area contributed by atoms with Gasteiger partial charge >= 0.3 is 6.03 Å². The summed E-state index contributed by atoms with van der Waals surface area (Å²) in [7, 11) is 1.56. The van der Waals surface area contributed by atoms with Gasteiger partial charge in [-0.15, -0.1) is 0 Å². The number of methoxy groups -OCH3 is 1. The van der Waals surface area contributed by atoms with E-state index in [-0.39, 0.29) is 11.4 Å². The molecule has 2 amide bonds. The number of carbonyl (C=O) groups excluding carboxylic acids is 1. The number of anilines is 2. The Hall–Kier alpha value is -3.47. The minimum Gasteiger partial charge on any atom is -0.495 e. The molecule has 5 heteroatoms. The second kappa shape index (κ2) is 9.35. The van der Waals surface area contributed by atoms with Crippen LogP contribution in [0.3, 0.4) is 0 Å². The zero-order valence-electron chi connectivity index (χ0n) is 17.9. The summed E-state index contributed by atoms with van der Waals surface area (Å²) in [4.78, 5) is 12.3. The number of hydrogen-bond donors (Lipinski definition) is 2. The van der Waals surface area contributed by atoms with E-state index in [4.69, 9.17) is 9.47 Å². The van der Waals surface area contributed by atoms with Gasteiger partial charge in [0.05, 0.1) is 12.8 Å². The average Bonchev–Trinajstić information content (AvgIpc) is 2.76. The molecule has 3 aromatic carbocycles. The largest absolute Gasteiger partial charge is 0.495 e. The van der Waals surface area contributed by atoms with Gasteiger partial charge in [0.25, 0.3) is 0 Å². The van der Waals surface area contributed by atoms with Crippen LogP contribution in [0.4, 0.5) is 16.2 Å². The third kappa shape index (κ3) is 5.32. The normalized spacial score (nSPS) is 10.9. The van der Waals surface area contributed by atoms with Crippen molar-refractivity contribution in [1.82, 2.24) is 0 Å². The van der Waals surface area contributed by atoms with E-state index >= 15 is 0 Å². The lowest BCUT2D eigenvalue weighted by Crippen LogP contribution is -2.19. The van der Waals surface area contributed by atoms with Gasteiger partial charge in [-0.05, 0) is 65.9 Å². The van der Waals surface area contributed by atoms with Gasteiger partial charge in [-0.25, -0.2) is 4.79 Å². The predicted molar refractivity (Wildman–Crippen MR) is 122 cm³/mol. The number of amides is 2. The van der Waals surface area contributed by atoms with Crippen molar-refractivity contribution < 1.29 is 14.3 Å².